The Morgan fingerprint density at radius 2 is 1.89 bits per heavy atom. The zero-order valence-corrected chi connectivity index (χ0v) is 19.6. The van der Waals surface area contributed by atoms with Crippen molar-refractivity contribution < 1.29 is 18.0 Å². The molecule has 0 aliphatic heterocycles. The Morgan fingerprint density at radius 1 is 1.14 bits per heavy atom. The van der Waals surface area contributed by atoms with Crippen molar-refractivity contribution in [2.24, 2.45) is 10.7 Å². The highest BCUT2D eigenvalue weighted by molar-refractivity contribution is 6.05. The number of nitrogens with one attached hydrogen (secondary N) is 2. The molecule has 0 saturated carbocycles. The summed E-state index contributed by atoms with van der Waals surface area (Å²) in [6, 6.07) is 11.9. The number of fused-ring (bicyclic) bond motifs is 1. The van der Waals surface area contributed by atoms with Gasteiger partial charge < -0.3 is 20.9 Å². The van der Waals surface area contributed by atoms with Crippen LogP contribution in [0.15, 0.2) is 90.5 Å². The average molecular weight is 506 g/mol. The Hall–Kier alpha value is -4.93. The predicted molar refractivity (Wildman–Crippen MR) is 138 cm³/mol. The molecule has 8 nitrogen and oxygen atoms in total. The molecule has 0 unspecified atom stereocenters. The van der Waals surface area contributed by atoms with Gasteiger partial charge in [-0.05, 0) is 42.0 Å². The quantitative estimate of drug-likeness (QED) is 0.238. The maximum Gasteiger partial charge on any atom is 0.416 e. The number of hydrogen-bond acceptors (Lipinski definition) is 6. The molecule has 4 N–H and O–H groups in total. The van der Waals surface area contributed by atoms with Gasteiger partial charge in [0, 0.05) is 42.8 Å². The van der Waals surface area contributed by atoms with Crippen LogP contribution in [0.3, 0.4) is 0 Å². The van der Waals surface area contributed by atoms with Crippen molar-refractivity contribution in [2.45, 2.75) is 6.18 Å². The predicted octanol–water partition coefficient (Wildman–Crippen LogP) is 5.14. The first-order valence-electron chi connectivity index (χ1n) is 10.9. The third-order valence-corrected chi connectivity index (χ3v) is 5.40. The van der Waals surface area contributed by atoms with E-state index in [1.165, 1.54) is 36.8 Å². The van der Waals surface area contributed by atoms with Gasteiger partial charge in [-0.3, -0.25) is 9.79 Å². The van der Waals surface area contributed by atoms with Crippen LogP contribution in [-0.4, -0.2) is 33.7 Å². The van der Waals surface area contributed by atoms with Gasteiger partial charge in [0.2, 0.25) is 11.9 Å². The number of amides is 1. The first kappa shape index (κ1) is 25.2. The lowest BCUT2D eigenvalue weighted by Crippen LogP contribution is -2.10. The van der Waals surface area contributed by atoms with Gasteiger partial charge in [0.1, 0.15) is 0 Å². The maximum atomic E-state index is 13.1. The van der Waals surface area contributed by atoms with Gasteiger partial charge in [0.05, 0.1) is 22.5 Å². The van der Waals surface area contributed by atoms with E-state index >= 15 is 0 Å². The molecule has 0 atom stereocenters. The molecule has 0 fully saturated rings. The third kappa shape index (κ3) is 5.35. The molecule has 11 heteroatoms. The lowest BCUT2D eigenvalue weighted by Gasteiger charge is -2.15. The van der Waals surface area contributed by atoms with E-state index in [9.17, 15) is 18.0 Å². The summed E-state index contributed by atoms with van der Waals surface area (Å²) >= 11 is 0. The lowest BCUT2D eigenvalue weighted by molar-refractivity contribution is -0.137. The fraction of sp³-hybridized carbons (Fsp3) is 0.0769. The van der Waals surface area contributed by atoms with Crippen molar-refractivity contribution in [1.82, 2.24) is 14.5 Å². The van der Waals surface area contributed by atoms with Crippen LogP contribution in [0.2, 0.25) is 0 Å². The molecule has 2 aromatic heterocycles. The second-order valence-electron chi connectivity index (χ2n) is 7.76. The van der Waals surface area contributed by atoms with E-state index in [0.29, 0.717) is 33.8 Å². The normalized spacial score (nSPS) is 12.2. The van der Waals surface area contributed by atoms with Crippen molar-refractivity contribution in [2.75, 3.05) is 17.7 Å². The first-order chi connectivity index (χ1) is 17.7. The number of benzene rings is 2. The molecule has 0 bridgehead atoms. The molecule has 0 aliphatic rings. The Bertz CT molecular complexity index is 1520. The molecular formula is C26H22F3N7O. The summed E-state index contributed by atoms with van der Waals surface area (Å²) in [6.07, 6.45) is 2.77. The molecule has 2 aromatic carbocycles. The van der Waals surface area contributed by atoms with Crippen molar-refractivity contribution >= 4 is 34.7 Å². The number of alkyl halides is 3. The van der Waals surface area contributed by atoms with Crippen LogP contribution in [0, 0.1) is 0 Å². The summed E-state index contributed by atoms with van der Waals surface area (Å²) in [5, 5.41) is 6.46. The molecule has 4 aromatic rings. The molecule has 37 heavy (non-hydrogen) atoms. The monoisotopic (exact) mass is 505 g/mol. The second-order valence-corrected chi connectivity index (χ2v) is 7.76. The Morgan fingerprint density at radius 3 is 2.54 bits per heavy atom. The summed E-state index contributed by atoms with van der Waals surface area (Å²) in [4.78, 5) is 24.8. The number of hydrogen-bond donors (Lipinski definition) is 3. The van der Waals surface area contributed by atoms with Crippen molar-refractivity contribution in [1.29, 1.82) is 0 Å². The SMILES string of the molecule is C=CC(=O)Nc1cccc2c1ccn2-c1nc(N/C(C=NC)=C/N)ncc1-c1ccc(C(F)(F)F)cc1. The molecular weight excluding hydrogens is 483 g/mol. The number of rotatable bonds is 7. The number of nitrogens with zero attached hydrogens (tertiary/aromatic N) is 4. The maximum absolute atomic E-state index is 13.1. The van der Waals surface area contributed by atoms with E-state index in [-0.39, 0.29) is 11.9 Å². The summed E-state index contributed by atoms with van der Waals surface area (Å²) in [5.74, 6) is 0.224. The summed E-state index contributed by atoms with van der Waals surface area (Å²) in [6.45, 7) is 3.48. The molecule has 188 valence electrons. The van der Waals surface area contributed by atoms with Crippen LogP contribution in [0.1, 0.15) is 5.56 Å². The first-order valence-corrected chi connectivity index (χ1v) is 10.9. The standard InChI is InChI=1S/C26H22F3N7O/c1-3-23(37)34-21-5-4-6-22-19(21)11-12-36(22)24-20(16-7-9-17(10-8-16)26(27,28)29)15-32-25(35-24)33-18(13-30)14-31-2/h3-15H,1,30H2,2H3,(H,34,37)(H,32,33,35)/b18-13+,31-14?. The average Bonchev–Trinajstić information content (AvgIpc) is 3.33. The van der Waals surface area contributed by atoms with Crippen molar-refractivity contribution in [3.63, 3.8) is 0 Å². The number of halogens is 3. The van der Waals surface area contributed by atoms with Crippen molar-refractivity contribution in [3.05, 3.63) is 91.0 Å². The molecule has 4 rings (SSSR count). The second kappa shape index (κ2) is 10.4. The zero-order valence-electron chi connectivity index (χ0n) is 19.6. The molecule has 0 radical (unpaired) electrons. The highest BCUT2D eigenvalue weighted by atomic mass is 19.4. The van der Waals surface area contributed by atoms with Gasteiger partial charge in [-0.1, -0.05) is 24.8 Å². The Balaban J connectivity index is 1.88. The van der Waals surface area contributed by atoms with Crippen molar-refractivity contribution in [3.8, 4) is 16.9 Å². The number of aromatic nitrogens is 3. The van der Waals surface area contributed by atoms with Crippen LogP contribution in [0.25, 0.3) is 27.8 Å². The van der Waals surface area contributed by atoms with Crippen LogP contribution in [0.4, 0.5) is 24.8 Å². The van der Waals surface area contributed by atoms with E-state index in [0.717, 1.165) is 17.5 Å². The van der Waals surface area contributed by atoms with Gasteiger partial charge in [-0.2, -0.15) is 18.2 Å². The molecule has 1 amide bonds. The zero-order chi connectivity index (χ0) is 26.6. The number of carbonyl (C=O) groups is 1. The van der Waals surface area contributed by atoms with Gasteiger partial charge in [-0.25, -0.2) is 4.98 Å². The number of nitrogens with two attached hydrogens (primary N) is 1. The fourth-order valence-electron chi connectivity index (χ4n) is 3.69. The van der Waals surface area contributed by atoms with Crippen LogP contribution in [0.5, 0.6) is 0 Å². The number of aliphatic imine (C=N–C) groups is 1. The fourth-order valence-corrected chi connectivity index (χ4v) is 3.69. The minimum atomic E-state index is -4.46. The highest BCUT2D eigenvalue weighted by Crippen LogP contribution is 2.34. The molecule has 2 heterocycles. The van der Waals surface area contributed by atoms with Crippen LogP contribution >= 0.6 is 0 Å². The van der Waals surface area contributed by atoms with Gasteiger partial charge in [0.25, 0.3) is 0 Å². The van der Waals surface area contributed by atoms with E-state index in [4.69, 9.17) is 5.73 Å². The van der Waals surface area contributed by atoms with Crippen LogP contribution < -0.4 is 16.4 Å². The Kier molecular flexibility index (Phi) is 7.05. The summed E-state index contributed by atoms with van der Waals surface area (Å²) in [7, 11) is 1.58. The van der Waals surface area contributed by atoms with E-state index in [2.05, 4.69) is 32.2 Å². The van der Waals surface area contributed by atoms with Crippen LogP contribution in [-0.2, 0) is 11.0 Å². The summed E-state index contributed by atoms with van der Waals surface area (Å²) in [5.41, 5.74) is 7.56. The Labute approximate surface area is 210 Å². The van der Waals surface area contributed by atoms with E-state index < -0.39 is 11.7 Å². The topological polar surface area (TPSA) is 110 Å². The highest BCUT2D eigenvalue weighted by Gasteiger charge is 2.30. The number of anilines is 2. The molecule has 0 saturated heterocycles. The van der Waals surface area contributed by atoms with Gasteiger partial charge >= 0.3 is 6.18 Å². The van der Waals surface area contributed by atoms with Gasteiger partial charge in [0.15, 0.2) is 5.82 Å². The summed E-state index contributed by atoms with van der Waals surface area (Å²) < 4.78 is 41.1. The minimum Gasteiger partial charge on any atom is -0.403 e. The molecule has 0 spiro atoms. The number of carbonyl (C=O) groups excluding carboxylic acids is 1. The van der Waals surface area contributed by atoms with Gasteiger partial charge in [-0.15, -0.1) is 0 Å². The van der Waals surface area contributed by atoms with E-state index in [1.807, 2.05) is 6.07 Å². The largest absolute Gasteiger partial charge is 0.416 e. The minimum absolute atomic E-state index is 0.195. The molecule has 0 aliphatic carbocycles. The lowest BCUT2D eigenvalue weighted by atomic mass is 10.1. The third-order valence-electron chi connectivity index (χ3n) is 5.40. The number of allylic oxidation sites excluding steroid dienone is 1. The van der Waals surface area contributed by atoms with E-state index in [1.54, 1.807) is 36.0 Å². The smallest absolute Gasteiger partial charge is 0.403 e.